The monoisotopic (exact) mass is 305 g/mol. The van der Waals surface area contributed by atoms with E-state index in [9.17, 15) is 31.1 Å². The van der Waals surface area contributed by atoms with Crippen molar-refractivity contribution in [1.82, 2.24) is 4.90 Å². The lowest BCUT2D eigenvalue weighted by atomic mass is 9.93. The van der Waals surface area contributed by atoms with Crippen molar-refractivity contribution in [2.75, 3.05) is 6.54 Å². The van der Waals surface area contributed by atoms with Gasteiger partial charge >= 0.3 is 24.0 Å². The molecule has 0 aromatic carbocycles. The van der Waals surface area contributed by atoms with Crippen LogP contribution in [-0.2, 0) is 4.74 Å². The molecule has 1 aliphatic heterocycles. The van der Waals surface area contributed by atoms with Gasteiger partial charge in [0.15, 0.2) is 0 Å². The summed E-state index contributed by atoms with van der Waals surface area (Å²) in [5, 5.41) is 0. The van der Waals surface area contributed by atoms with Gasteiger partial charge in [-0.1, -0.05) is 19.3 Å². The molecule has 0 spiro atoms. The van der Waals surface area contributed by atoms with E-state index in [2.05, 4.69) is 4.74 Å². The summed E-state index contributed by atoms with van der Waals surface area (Å²) in [7, 11) is 0. The number of amides is 1. The molecule has 0 radical (unpaired) electrons. The first kappa shape index (κ1) is 15.2. The van der Waals surface area contributed by atoms with Crippen LogP contribution in [0, 0.1) is 0 Å². The van der Waals surface area contributed by atoms with E-state index in [-0.39, 0.29) is 0 Å². The predicted molar refractivity (Wildman–Crippen MR) is 54.9 cm³/mol. The molecule has 2 fully saturated rings. The Hall–Kier alpha value is -1.15. The molecule has 0 aromatic rings. The topological polar surface area (TPSA) is 29.5 Å². The summed E-state index contributed by atoms with van der Waals surface area (Å²) in [6.07, 6.45) is -9.88. The maximum Gasteiger partial charge on any atom is 0.439 e. The second-order valence-corrected chi connectivity index (χ2v) is 5.11. The van der Waals surface area contributed by atoms with Crippen LogP contribution in [0.5, 0.6) is 0 Å². The highest BCUT2D eigenvalue weighted by Gasteiger charge is 2.78. The van der Waals surface area contributed by atoms with Crippen LogP contribution in [-0.4, -0.2) is 41.5 Å². The molecule has 0 atom stereocenters. The maximum absolute atomic E-state index is 12.8. The second-order valence-electron chi connectivity index (χ2n) is 5.11. The van der Waals surface area contributed by atoms with Crippen molar-refractivity contribution in [3.8, 4) is 0 Å². The van der Waals surface area contributed by atoms with Crippen molar-refractivity contribution in [1.29, 1.82) is 0 Å². The van der Waals surface area contributed by atoms with Crippen LogP contribution in [0.1, 0.15) is 32.1 Å². The Morgan fingerprint density at radius 2 is 1.50 bits per heavy atom. The van der Waals surface area contributed by atoms with E-state index in [1.165, 1.54) is 0 Å². The normalized spacial score (nSPS) is 24.9. The predicted octanol–water partition coefficient (Wildman–Crippen LogP) is 3.63. The molecule has 1 saturated carbocycles. The highest BCUT2D eigenvalue weighted by molar-refractivity contribution is 5.71. The summed E-state index contributed by atoms with van der Waals surface area (Å²) in [4.78, 5) is 12.1. The van der Waals surface area contributed by atoms with Crippen molar-refractivity contribution in [2.45, 2.75) is 56.1 Å². The minimum absolute atomic E-state index is 0.404. The number of nitrogens with zero attached hydrogens (tertiary/aromatic N) is 1. The Labute approximate surface area is 110 Å². The molecule has 20 heavy (non-hydrogen) atoms. The largest absolute Gasteiger partial charge is 0.439 e. The maximum atomic E-state index is 12.8. The van der Waals surface area contributed by atoms with E-state index >= 15 is 0 Å². The molecule has 9 heteroatoms. The number of carbonyl (C=O) groups excluding carboxylic acids is 1. The second kappa shape index (κ2) is 4.70. The quantitative estimate of drug-likeness (QED) is 0.692. The number of rotatable bonds is 1. The Bertz CT molecular complexity index is 371. The number of hydrogen-bond donors (Lipinski definition) is 0. The van der Waals surface area contributed by atoms with Crippen LogP contribution in [0.4, 0.5) is 31.1 Å². The van der Waals surface area contributed by atoms with Crippen molar-refractivity contribution in [2.24, 2.45) is 0 Å². The van der Waals surface area contributed by atoms with Gasteiger partial charge in [0.05, 0.1) is 6.54 Å². The van der Waals surface area contributed by atoms with Gasteiger partial charge in [-0.3, -0.25) is 0 Å². The van der Waals surface area contributed by atoms with Gasteiger partial charge < -0.3 is 9.64 Å². The highest BCUT2D eigenvalue weighted by Crippen LogP contribution is 2.50. The fraction of sp³-hybridized carbons (Fsp3) is 0.909. The van der Waals surface area contributed by atoms with Gasteiger partial charge in [0.1, 0.15) is 0 Å². The van der Waals surface area contributed by atoms with Crippen molar-refractivity contribution >= 4 is 6.09 Å². The van der Waals surface area contributed by atoms with Crippen LogP contribution in [0.15, 0.2) is 0 Å². The van der Waals surface area contributed by atoms with Gasteiger partial charge in [0.2, 0.25) is 0 Å². The molecule has 1 saturated heterocycles. The highest BCUT2D eigenvalue weighted by atomic mass is 19.4. The summed E-state index contributed by atoms with van der Waals surface area (Å²) in [5.41, 5.74) is -4.41. The van der Waals surface area contributed by atoms with Gasteiger partial charge in [-0.25, -0.2) is 4.79 Å². The van der Waals surface area contributed by atoms with Gasteiger partial charge in [-0.15, -0.1) is 0 Å². The summed E-state index contributed by atoms with van der Waals surface area (Å²) < 4.78 is 80.6. The van der Waals surface area contributed by atoms with Crippen LogP contribution in [0.2, 0.25) is 0 Å². The van der Waals surface area contributed by atoms with Gasteiger partial charge in [-0.2, -0.15) is 26.3 Å². The fourth-order valence-corrected chi connectivity index (χ4v) is 2.67. The number of alkyl halides is 6. The molecular weight excluding hydrogens is 292 g/mol. The zero-order valence-electron chi connectivity index (χ0n) is 10.4. The summed E-state index contributed by atoms with van der Waals surface area (Å²) in [6.45, 7) is -1.51. The number of halogens is 6. The lowest BCUT2D eigenvalue weighted by Crippen LogP contribution is -2.60. The number of cyclic esters (lactones) is 1. The first-order valence-electron chi connectivity index (χ1n) is 6.21. The minimum Gasteiger partial charge on any atom is -0.421 e. The van der Waals surface area contributed by atoms with Crippen LogP contribution < -0.4 is 0 Å². The molecule has 0 unspecified atom stereocenters. The lowest BCUT2D eigenvalue weighted by molar-refractivity contribution is -0.353. The third-order valence-electron chi connectivity index (χ3n) is 3.82. The standard InChI is InChI=1S/C11H13F6NO2/c12-10(13,14)9(11(15,16)17)6-18(8(19)20-9)7-4-2-1-3-5-7/h7H,1-6H2. The first-order valence-corrected chi connectivity index (χ1v) is 6.21. The first-order chi connectivity index (χ1) is 9.08. The average molecular weight is 305 g/mol. The van der Waals surface area contributed by atoms with Crippen LogP contribution in [0.25, 0.3) is 0 Å². The fourth-order valence-electron chi connectivity index (χ4n) is 2.67. The number of hydrogen-bond acceptors (Lipinski definition) is 2. The SMILES string of the molecule is O=C1OC(C(F)(F)F)(C(F)(F)F)CN1C1CCCCC1. The van der Waals surface area contributed by atoms with E-state index < -0.39 is 36.6 Å². The van der Waals surface area contributed by atoms with Crippen LogP contribution >= 0.6 is 0 Å². The smallest absolute Gasteiger partial charge is 0.421 e. The summed E-state index contributed by atoms with van der Waals surface area (Å²) in [5.74, 6) is 0. The minimum atomic E-state index is -5.69. The van der Waals surface area contributed by atoms with Crippen molar-refractivity contribution in [3.05, 3.63) is 0 Å². The summed E-state index contributed by atoms with van der Waals surface area (Å²) in [6, 6.07) is -0.608. The molecule has 1 heterocycles. The molecule has 1 amide bonds. The van der Waals surface area contributed by atoms with E-state index in [0.717, 1.165) is 6.42 Å². The van der Waals surface area contributed by atoms with Crippen molar-refractivity contribution < 1.29 is 35.9 Å². The Balaban J connectivity index is 2.28. The Kier molecular flexibility index (Phi) is 3.58. The zero-order chi connectivity index (χ0) is 15.2. The molecule has 0 bridgehead atoms. The van der Waals surface area contributed by atoms with E-state index in [0.29, 0.717) is 30.6 Å². The molecule has 116 valence electrons. The molecule has 1 aliphatic carbocycles. The summed E-state index contributed by atoms with van der Waals surface area (Å²) >= 11 is 0. The molecule has 0 N–H and O–H groups in total. The molecule has 2 rings (SSSR count). The number of carbonyl (C=O) groups is 1. The molecule has 2 aliphatic rings. The van der Waals surface area contributed by atoms with Gasteiger partial charge in [0, 0.05) is 6.04 Å². The molecule has 3 nitrogen and oxygen atoms in total. The molecule has 0 aromatic heterocycles. The van der Waals surface area contributed by atoms with Gasteiger partial charge in [-0.05, 0) is 12.8 Å². The molecular formula is C11H13F6NO2. The zero-order valence-corrected chi connectivity index (χ0v) is 10.4. The van der Waals surface area contributed by atoms with E-state index in [1.807, 2.05) is 0 Å². The average Bonchev–Trinajstić information content (AvgIpc) is 2.68. The van der Waals surface area contributed by atoms with E-state index in [4.69, 9.17) is 0 Å². The van der Waals surface area contributed by atoms with Crippen molar-refractivity contribution in [3.63, 3.8) is 0 Å². The number of ether oxygens (including phenoxy) is 1. The third-order valence-corrected chi connectivity index (χ3v) is 3.82. The third kappa shape index (κ3) is 2.31. The van der Waals surface area contributed by atoms with Gasteiger partial charge in [0.25, 0.3) is 0 Å². The Morgan fingerprint density at radius 3 is 1.90 bits per heavy atom. The van der Waals surface area contributed by atoms with E-state index in [1.54, 1.807) is 0 Å². The lowest BCUT2D eigenvalue weighted by Gasteiger charge is -2.33. The van der Waals surface area contributed by atoms with Crippen LogP contribution in [0.3, 0.4) is 0 Å². The Morgan fingerprint density at radius 1 is 1.00 bits per heavy atom.